The zero-order valence-corrected chi connectivity index (χ0v) is 14.6. The molecule has 5 aliphatic rings. The molecule has 1 aliphatic heterocycles. The number of ketones is 1. The van der Waals surface area contributed by atoms with Gasteiger partial charge in [0, 0.05) is 6.42 Å². The summed E-state index contributed by atoms with van der Waals surface area (Å²) in [6.45, 7) is 6.10. The van der Waals surface area contributed by atoms with E-state index in [1.54, 1.807) is 0 Å². The van der Waals surface area contributed by atoms with Crippen LogP contribution >= 0.6 is 0 Å². The number of hydrogen-bond acceptors (Lipinski definition) is 2. The maximum Gasteiger partial charge on any atom is 0.155 e. The molecule has 1 heterocycles. The Morgan fingerprint density at radius 3 is 2.57 bits per heavy atom. The van der Waals surface area contributed by atoms with Crippen molar-refractivity contribution in [2.45, 2.75) is 71.3 Å². The minimum atomic E-state index is 0.326. The fraction of sp³-hybridized carbons (Fsp3) is 0.857. The zero-order valence-electron chi connectivity index (χ0n) is 14.6. The van der Waals surface area contributed by atoms with E-state index in [0.717, 1.165) is 43.1 Å². The Balaban J connectivity index is 1.47. The molecule has 4 fully saturated rings. The molecule has 0 bridgehead atoms. The molecule has 0 amide bonds. The van der Waals surface area contributed by atoms with Gasteiger partial charge in [0.05, 0.1) is 12.7 Å². The van der Waals surface area contributed by atoms with Gasteiger partial charge in [0.2, 0.25) is 0 Å². The van der Waals surface area contributed by atoms with Crippen LogP contribution in [0.4, 0.5) is 0 Å². The Labute approximate surface area is 140 Å². The molecular weight excluding hydrogens is 284 g/mol. The van der Waals surface area contributed by atoms with Crippen molar-refractivity contribution in [2.24, 2.45) is 34.5 Å². The minimum absolute atomic E-state index is 0.326. The number of carbonyl (C=O) groups is 1. The average Bonchev–Trinajstić information content (AvgIpc) is 3.29. The number of ether oxygens (including phenoxy) is 1. The van der Waals surface area contributed by atoms with Crippen LogP contribution in [0.5, 0.6) is 0 Å². The number of hydrogen-bond donors (Lipinski definition) is 0. The van der Waals surface area contributed by atoms with Crippen LogP contribution in [0.15, 0.2) is 11.6 Å². The zero-order chi connectivity index (χ0) is 15.8. The van der Waals surface area contributed by atoms with E-state index >= 15 is 0 Å². The predicted molar refractivity (Wildman–Crippen MR) is 89.9 cm³/mol. The van der Waals surface area contributed by atoms with Crippen LogP contribution < -0.4 is 0 Å². The molecule has 2 nitrogen and oxygen atoms in total. The summed E-state index contributed by atoms with van der Waals surface area (Å²) in [6.07, 6.45) is 12.6. The van der Waals surface area contributed by atoms with Gasteiger partial charge in [0.1, 0.15) is 0 Å². The van der Waals surface area contributed by atoms with Crippen LogP contribution in [0.1, 0.15) is 65.2 Å². The molecule has 0 aromatic heterocycles. The van der Waals surface area contributed by atoms with Crippen LogP contribution in [0.2, 0.25) is 0 Å². The molecule has 23 heavy (non-hydrogen) atoms. The standard InChI is InChI=1S/C21H30O2/c1-20-9-7-14(22)11-13(20)3-4-15-16-5-6-18(19-12-23-19)21(16,2)10-8-17(15)20/h11,15-19H,3-10,12H2,1-2H3/t15-,16-,17-,18+,19?,20-,21-/m0/s1. The normalized spacial score (nSPS) is 54.8. The van der Waals surface area contributed by atoms with Crippen molar-refractivity contribution in [3.05, 3.63) is 11.6 Å². The average molecular weight is 314 g/mol. The molecule has 0 aromatic carbocycles. The molecule has 7 atom stereocenters. The van der Waals surface area contributed by atoms with Crippen LogP contribution in [0.3, 0.4) is 0 Å². The topological polar surface area (TPSA) is 29.6 Å². The summed E-state index contributed by atoms with van der Waals surface area (Å²) in [6, 6.07) is 0. The Kier molecular flexibility index (Phi) is 3.01. The van der Waals surface area contributed by atoms with E-state index in [2.05, 4.69) is 13.8 Å². The smallest absolute Gasteiger partial charge is 0.155 e. The van der Waals surface area contributed by atoms with Crippen molar-refractivity contribution < 1.29 is 9.53 Å². The summed E-state index contributed by atoms with van der Waals surface area (Å²) >= 11 is 0. The van der Waals surface area contributed by atoms with Gasteiger partial charge in [-0.3, -0.25) is 4.79 Å². The van der Waals surface area contributed by atoms with Gasteiger partial charge in [-0.15, -0.1) is 0 Å². The summed E-state index contributed by atoms with van der Waals surface area (Å²) in [5.74, 6) is 3.83. The van der Waals surface area contributed by atoms with Crippen molar-refractivity contribution in [3.8, 4) is 0 Å². The molecule has 0 radical (unpaired) electrons. The lowest BCUT2D eigenvalue weighted by atomic mass is 9.47. The lowest BCUT2D eigenvalue weighted by Crippen LogP contribution is -2.50. The van der Waals surface area contributed by atoms with Crippen molar-refractivity contribution in [3.63, 3.8) is 0 Å². The minimum Gasteiger partial charge on any atom is -0.373 e. The first-order valence-electron chi connectivity index (χ1n) is 9.88. The summed E-state index contributed by atoms with van der Waals surface area (Å²) in [5, 5.41) is 0. The summed E-state index contributed by atoms with van der Waals surface area (Å²) in [4.78, 5) is 11.9. The Morgan fingerprint density at radius 1 is 1.00 bits per heavy atom. The Morgan fingerprint density at radius 2 is 1.78 bits per heavy atom. The molecule has 0 spiro atoms. The monoisotopic (exact) mass is 314 g/mol. The quantitative estimate of drug-likeness (QED) is 0.665. The lowest BCUT2D eigenvalue weighted by Gasteiger charge is -2.58. The molecular formula is C21H30O2. The molecule has 126 valence electrons. The fourth-order valence-corrected chi connectivity index (χ4v) is 7.50. The van der Waals surface area contributed by atoms with E-state index in [0.29, 0.717) is 22.7 Å². The first-order valence-corrected chi connectivity index (χ1v) is 9.88. The Hall–Kier alpha value is -0.630. The number of carbonyl (C=O) groups excluding carboxylic acids is 1. The van der Waals surface area contributed by atoms with Crippen molar-refractivity contribution in [2.75, 3.05) is 6.61 Å². The van der Waals surface area contributed by atoms with Gasteiger partial charge >= 0.3 is 0 Å². The number of epoxide rings is 1. The molecule has 1 unspecified atom stereocenters. The van der Waals surface area contributed by atoms with Crippen molar-refractivity contribution in [1.82, 2.24) is 0 Å². The van der Waals surface area contributed by atoms with Crippen LogP contribution in [0, 0.1) is 34.5 Å². The highest BCUT2D eigenvalue weighted by atomic mass is 16.6. The highest BCUT2D eigenvalue weighted by molar-refractivity contribution is 5.91. The molecule has 0 N–H and O–H groups in total. The number of allylic oxidation sites excluding steroid dienone is 1. The maximum absolute atomic E-state index is 11.9. The molecule has 3 saturated carbocycles. The largest absolute Gasteiger partial charge is 0.373 e. The maximum atomic E-state index is 11.9. The third kappa shape index (κ3) is 1.94. The van der Waals surface area contributed by atoms with Gasteiger partial charge in [0.25, 0.3) is 0 Å². The van der Waals surface area contributed by atoms with Crippen LogP contribution in [-0.4, -0.2) is 18.5 Å². The van der Waals surface area contributed by atoms with Gasteiger partial charge in [-0.2, -0.15) is 0 Å². The highest BCUT2D eigenvalue weighted by Gasteiger charge is 2.61. The van der Waals surface area contributed by atoms with Gasteiger partial charge < -0.3 is 4.74 Å². The van der Waals surface area contributed by atoms with Crippen molar-refractivity contribution in [1.29, 1.82) is 0 Å². The summed E-state index contributed by atoms with van der Waals surface area (Å²) in [5.41, 5.74) is 2.36. The molecule has 2 heteroatoms. The number of rotatable bonds is 1. The predicted octanol–water partition coefficient (Wildman–Crippen LogP) is 4.53. The van der Waals surface area contributed by atoms with E-state index in [1.807, 2.05) is 6.08 Å². The van der Waals surface area contributed by atoms with E-state index in [9.17, 15) is 4.79 Å². The second-order valence-corrected chi connectivity index (χ2v) is 9.57. The first-order chi connectivity index (χ1) is 11.0. The second-order valence-electron chi connectivity index (χ2n) is 9.57. The second kappa shape index (κ2) is 4.71. The van der Waals surface area contributed by atoms with Crippen LogP contribution in [0.25, 0.3) is 0 Å². The van der Waals surface area contributed by atoms with Gasteiger partial charge in [0.15, 0.2) is 5.78 Å². The SMILES string of the molecule is C[C@]12CC[C@H]3[C@@H](CCC4=CC(=O)CC[C@@]43C)[C@@H]1CC[C@@H]2C1CO1. The molecule has 5 rings (SSSR count). The van der Waals surface area contributed by atoms with Gasteiger partial charge in [-0.1, -0.05) is 19.4 Å². The van der Waals surface area contributed by atoms with E-state index in [1.165, 1.54) is 44.1 Å². The first kappa shape index (κ1) is 14.7. The van der Waals surface area contributed by atoms with E-state index < -0.39 is 0 Å². The molecule has 4 aliphatic carbocycles. The van der Waals surface area contributed by atoms with Crippen molar-refractivity contribution >= 4 is 5.78 Å². The summed E-state index contributed by atoms with van der Waals surface area (Å²) < 4.78 is 5.71. The third-order valence-electron chi connectivity index (χ3n) is 8.84. The fourth-order valence-electron chi connectivity index (χ4n) is 7.50. The third-order valence-corrected chi connectivity index (χ3v) is 8.84. The molecule has 0 aromatic rings. The lowest BCUT2D eigenvalue weighted by molar-refractivity contribution is -0.117. The van der Waals surface area contributed by atoms with E-state index in [-0.39, 0.29) is 0 Å². The van der Waals surface area contributed by atoms with Gasteiger partial charge in [-0.05, 0) is 85.5 Å². The number of fused-ring (bicyclic) bond motifs is 5. The van der Waals surface area contributed by atoms with E-state index in [4.69, 9.17) is 4.74 Å². The summed E-state index contributed by atoms with van der Waals surface area (Å²) in [7, 11) is 0. The van der Waals surface area contributed by atoms with Gasteiger partial charge in [-0.25, -0.2) is 0 Å². The molecule has 1 saturated heterocycles. The van der Waals surface area contributed by atoms with Crippen LogP contribution in [-0.2, 0) is 9.53 Å². The Bertz CT molecular complexity index is 574. The highest BCUT2D eigenvalue weighted by Crippen LogP contribution is 2.67.